The number of hydrogen-bond donors (Lipinski definition) is 1. The summed E-state index contributed by atoms with van der Waals surface area (Å²) < 4.78 is 7.17. The van der Waals surface area contributed by atoms with Gasteiger partial charge in [-0.3, -0.25) is 4.79 Å². The smallest absolute Gasteiger partial charge is 0.287 e. The van der Waals surface area contributed by atoms with Gasteiger partial charge in [-0.1, -0.05) is 41.9 Å². The van der Waals surface area contributed by atoms with Crippen LogP contribution in [0.3, 0.4) is 0 Å². The predicted molar refractivity (Wildman–Crippen MR) is 102 cm³/mol. The summed E-state index contributed by atoms with van der Waals surface area (Å²) in [6.07, 6.45) is 1.62. The molecule has 2 aromatic carbocycles. The van der Waals surface area contributed by atoms with Crippen molar-refractivity contribution in [3.8, 4) is 5.75 Å². The molecule has 1 heterocycles. The molecule has 0 bridgehead atoms. The number of hydrogen-bond acceptors (Lipinski definition) is 4. The number of ether oxygens (including phenoxy) is 1. The standard InChI is InChI=1S/C19H20ClN3O2/c1-12(2)25-17-9-8-13-6-4-5-7-14(13)15(17)10-21-16-11-22-23(3)19(24)18(16)20/h4-9,11-12,21H,10H2,1-3H3. The number of rotatable bonds is 5. The molecule has 0 amide bonds. The Labute approximate surface area is 151 Å². The van der Waals surface area contributed by atoms with Gasteiger partial charge in [-0.25, -0.2) is 4.68 Å². The Morgan fingerprint density at radius 3 is 2.76 bits per heavy atom. The van der Waals surface area contributed by atoms with E-state index in [1.165, 1.54) is 4.68 Å². The molecule has 0 saturated heterocycles. The average molecular weight is 358 g/mol. The van der Waals surface area contributed by atoms with Crippen LogP contribution in [-0.4, -0.2) is 15.9 Å². The molecule has 5 nitrogen and oxygen atoms in total. The quantitative estimate of drug-likeness (QED) is 0.750. The van der Waals surface area contributed by atoms with Crippen molar-refractivity contribution in [1.29, 1.82) is 0 Å². The Balaban J connectivity index is 1.99. The second kappa shape index (κ2) is 7.15. The van der Waals surface area contributed by atoms with Gasteiger partial charge in [0.15, 0.2) is 0 Å². The lowest BCUT2D eigenvalue weighted by Gasteiger charge is -2.17. The van der Waals surface area contributed by atoms with E-state index in [0.717, 1.165) is 22.1 Å². The average Bonchev–Trinajstić information content (AvgIpc) is 2.59. The molecule has 0 spiro atoms. The lowest BCUT2D eigenvalue weighted by Crippen LogP contribution is -2.21. The van der Waals surface area contributed by atoms with Crippen LogP contribution in [0.4, 0.5) is 5.69 Å². The molecule has 0 aliphatic carbocycles. The van der Waals surface area contributed by atoms with Crippen LogP contribution in [-0.2, 0) is 13.6 Å². The number of aromatic nitrogens is 2. The topological polar surface area (TPSA) is 56.1 Å². The van der Waals surface area contributed by atoms with Crippen molar-refractivity contribution in [2.75, 3.05) is 5.32 Å². The summed E-state index contributed by atoms with van der Waals surface area (Å²) >= 11 is 6.14. The van der Waals surface area contributed by atoms with Crippen molar-refractivity contribution in [3.63, 3.8) is 0 Å². The first-order valence-corrected chi connectivity index (χ1v) is 8.48. The minimum atomic E-state index is -0.330. The summed E-state index contributed by atoms with van der Waals surface area (Å²) in [6, 6.07) is 12.1. The number of aryl methyl sites for hydroxylation is 1. The van der Waals surface area contributed by atoms with E-state index >= 15 is 0 Å². The van der Waals surface area contributed by atoms with E-state index in [1.54, 1.807) is 13.2 Å². The number of fused-ring (bicyclic) bond motifs is 1. The maximum absolute atomic E-state index is 11.9. The van der Waals surface area contributed by atoms with Crippen LogP contribution in [0.15, 0.2) is 47.4 Å². The molecule has 130 valence electrons. The lowest BCUT2D eigenvalue weighted by atomic mass is 10.0. The predicted octanol–water partition coefficient (Wildman–Crippen LogP) is 3.99. The van der Waals surface area contributed by atoms with Crippen molar-refractivity contribution >= 4 is 28.1 Å². The molecule has 0 unspecified atom stereocenters. The first-order valence-electron chi connectivity index (χ1n) is 8.10. The minimum Gasteiger partial charge on any atom is -0.491 e. The van der Waals surface area contributed by atoms with E-state index in [4.69, 9.17) is 16.3 Å². The largest absolute Gasteiger partial charge is 0.491 e. The molecule has 6 heteroatoms. The fourth-order valence-corrected chi connectivity index (χ4v) is 2.92. The molecular weight excluding hydrogens is 338 g/mol. The Morgan fingerprint density at radius 2 is 2.00 bits per heavy atom. The number of halogens is 1. The third-order valence-corrected chi connectivity index (χ3v) is 4.26. The normalized spacial score (nSPS) is 11.1. The fraction of sp³-hybridized carbons (Fsp3) is 0.263. The summed E-state index contributed by atoms with van der Waals surface area (Å²) in [5.74, 6) is 0.814. The minimum absolute atomic E-state index is 0.0641. The van der Waals surface area contributed by atoms with Crippen LogP contribution in [0.5, 0.6) is 5.75 Å². The molecule has 25 heavy (non-hydrogen) atoms. The van der Waals surface area contributed by atoms with E-state index in [1.807, 2.05) is 38.1 Å². The summed E-state index contributed by atoms with van der Waals surface area (Å²) in [5, 5.41) is 9.58. The van der Waals surface area contributed by atoms with E-state index in [2.05, 4.69) is 22.5 Å². The summed E-state index contributed by atoms with van der Waals surface area (Å²) in [6.45, 7) is 4.46. The highest BCUT2D eigenvalue weighted by atomic mass is 35.5. The van der Waals surface area contributed by atoms with Gasteiger partial charge in [0.25, 0.3) is 5.56 Å². The molecule has 0 aliphatic heterocycles. The Bertz CT molecular complexity index is 967. The summed E-state index contributed by atoms with van der Waals surface area (Å²) in [7, 11) is 1.57. The van der Waals surface area contributed by atoms with Crippen molar-refractivity contribution in [2.24, 2.45) is 7.05 Å². The molecule has 0 saturated carbocycles. The van der Waals surface area contributed by atoms with Crippen LogP contribution in [0.1, 0.15) is 19.4 Å². The number of nitrogens with zero attached hydrogens (tertiary/aromatic N) is 2. The monoisotopic (exact) mass is 357 g/mol. The highest BCUT2D eigenvalue weighted by Gasteiger charge is 2.12. The third-order valence-electron chi connectivity index (χ3n) is 3.89. The summed E-state index contributed by atoms with van der Waals surface area (Å²) in [4.78, 5) is 11.9. The molecule has 1 aromatic heterocycles. The molecule has 0 aliphatic rings. The highest BCUT2D eigenvalue weighted by molar-refractivity contribution is 6.32. The van der Waals surface area contributed by atoms with Gasteiger partial charge in [0.1, 0.15) is 10.8 Å². The van der Waals surface area contributed by atoms with Gasteiger partial charge in [0.2, 0.25) is 0 Å². The zero-order valence-electron chi connectivity index (χ0n) is 14.4. The zero-order chi connectivity index (χ0) is 18.0. The van der Waals surface area contributed by atoms with Crippen LogP contribution in [0.2, 0.25) is 5.02 Å². The van der Waals surface area contributed by atoms with Gasteiger partial charge < -0.3 is 10.1 Å². The SMILES string of the molecule is CC(C)Oc1ccc2ccccc2c1CNc1cnn(C)c(=O)c1Cl. The molecule has 0 fully saturated rings. The molecule has 1 N–H and O–H groups in total. The Morgan fingerprint density at radius 1 is 1.24 bits per heavy atom. The second-order valence-electron chi connectivity index (χ2n) is 6.08. The van der Waals surface area contributed by atoms with Crippen LogP contribution in [0, 0.1) is 0 Å². The molecule has 3 aromatic rings. The zero-order valence-corrected chi connectivity index (χ0v) is 15.2. The van der Waals surface area contributed by atoms with E-state index in [9.17, 15) is 4.79 Å². The van der Waals surface area contributed by atoms with Crippen molar-refractivity contribution in [3.05, 3.63) is 63.5 Å². The number of nitrogens with one attached hydrogen (secondary N) is 1. The van der Waals surface area contributed by atoms with Gasteiger partial charge >= 0.3 is 0 Å². The van der Waals surface area contributed by atoms with Crippen LogP contribution < -0.4 is 15.6 Å². The first kappa shape index (κ1) is 17.3. The summed E-state index contributed by atoms with van der Waals surface area (Å²) in [5.41, 5.74) is 1.19. The molecule has 0 atom stereocenters. The third kappa shape index (κ3) is 3.61. The molecule has 0 radical (unpaired) electrons. The first-order chi connectivity index (χ1) is 12.0. The fourth-order valence-electron chi connectivity index (χ4n) is 2.68. The highest BCUT2D eigenvalue weighted by Crippen LogP contribution is 2.30. The van der Waals surface area contributed by atoms with Crippen LogP contribution >= 0.6 is 11.6 Å². The van der Waals surface area contributed by atoms with E-state index in [0.29, 0.717) is 12.2 Å². The van der Waals surface area contributed by atoms with Gasteiger partial charge in [0.05, 0.1) is 18.0 Å². The Kier molecular flexibility index (Phi) is 4.95. The number of anilines is 1. The van der Waals surface area contributed by atoms with Gasteiger partial charge in [-0.15, -0.1) is 0 Å². The van der Waals surface area contributed by atoms with E-state index < -0.39 is 0 Å². The molecular formula is C19H20ClN3O2. The lowest BCUT2D eigenvalue weighted by molar-refractivity contribution is 0.240. The Hall–Kier alpha value is -2.53. The number of benzene rings is 2. The van der Waals surface area contributed by atoms with Gasteiger partial charge in [-0.2, -0.15) is 5.10 Å². The van der Waals surface area contributed by atoms with Crippen molar-refractivity contribution in [2.45, 2.75) is 26.5 Å². The maximum atomic E-state index is 11.9. The van der Waals surface area contributed by atoms with E-state index in [-0.39, 0.29) is 16.7 Å². The van der Waals surface area contributed by atoms with Crippen LogP contribution in [0.25, 0.3) is 10.8 Å². The van der Waals surface area contributed by atoms with Gasteiger partial charge in [0, 0.05) is 19.2 Å². The van der Waals surface area contributed by atoms with Crippen molar-refractivity contribution in [1.82, 2.24) is 9.78 Å². The molecule has 3 rings (SSSR count). The van der Waals surface area contributed by atoms with Gasteiger partial charge in [-0.05, 0) is 30.7 Å². The maximum Gasteiger partial charge on any atom is 0.287 e. The van der Waals surface area contributed by atoms with Crippen molar-refractivity contribution < 1.29 is 4.74 Å². The second-order valence-corrected chi connectivity index (χ2v) is 6.46.